The summed E-state index contributed by atoms with van der Waals surface area (Å²) >= 11 is 0. The lowest BCUT2D eigenvalue weighted by molar-refractivity contribution is 0.0939. The van der Waals surface area contributed by atoms with Crippen molar-refractivity contribution in [2.75, 3.05) is 7.11 Å². The monoisotopic (exact) mass is 306 g/mol. The Morgan fingerprint density at radius 2 is 1.87 bits per heavy atom. The van der Waals surface area contributed by atoms with Crippen LogP contribution in [0.4, 0.5) is 0 Å². The maximum atomic E-state index is 12.3. The van der Waals surface area contributed by atoms with Gasteiger partial charge in [0.2, 0.25) is 5.88 Å². The van der Waals surface area contributed by atoms with Crippen LogP contribution in [0, 0.1) is 0 Å². The zero-order valence-electron chi connectivity index (χ0n) is 13.1. The summed E-state index contributed by atoms with van der Waals surface area (Å²) in [7, 11) is 1.55. The normalized spacial score (nSPS) is 11.9. The molecule has 0 fully saturated rings. The summed E-state index contributed by atoms with van der Waals surface area (Å²) < 4.78 is 5.00. The highest BCUT2D eigenvalue weighted by atomic mass is 16.5. The first-order valence-corrected chi connectivity index (χ1v) is 7.47. The van der Waals surface area contributed by atoms with E-state index in [1.807, 2.05) is 25.1 Å². The van der Waals surface area contributed by atoms with Crippen molar-refractivity contribution >= 4 is 16.7 Å². The molecule has 0 aliphatic heterocycles. The third-order valence-electron chi connectivity index (χ3n) is 3.83. The molecule has 3 rings (SSSR count). The lowest BCUT2D eigenvalue weighted by atomic mass is 10.0. The van der Waals surface area contributed by atoms with E-state index >= 15 is 0 Å². The first-order chi connectivity index (χ1) is 11.2. The third kappa shape index (κ3) is 3.31. The van der Waals surface area contributed by atoms with Crippen molar-refractivity contribution in [2.24, 2.45) is 0 Å². The number of nitrogens with zero attached hydrogens (tertiary/aromatic N) is 1. The Morgan fingerprint density at radius 3 is 2.57 bits per heavy atom. The summed E-state index contributed by atoms with van der Waals surface area (Å²) in [6, 6.07) is 17.7. The van der Waals surface area contributed by atoms with Crippen LogP contribution in [-0.2, 0) is 0 Å². The molecule has 1 unspecified atom stereocenters. The van der Waals surface area contributed by atoms with E-state index in [1.165, 1.54) is 11.6 Å². The molecule has 0 spiro atoms. The standard InChI is InChI=1S/C19H18N2O2/c1-13(15-8-7-14-5-3-4-6-16(14)11-15)21-19(22)17-9-10-18(23-2)20-12-17/h3-13H,1-2H3,(H,21,22). The molecule has 4 heteroatoms. The van der Waals surface area contributed by atoms with Gasteiger partial charge in [-0.25, -0.2) is 4.98 Å². The van der Waals surface area contributed by atoms with Crippen LogP contribution in [0.1, 0.15) is 28.9 Å². The number of pyridine rings is 1. The lowest BCUT2D eigenvalue weighted by Crippen LogP contribution is -2.26. The van der Waals surface area contributed by atoms with Crippen LogP contribution in [0.25, 0.3) is 10.8 Å². The number of methoxy groups -OCH3 is 1. The van der Waals surface area contributed by atoms with Crippen molar-refractivity contribution in [3.8, 4) is 5.88 Å². The molecule has 3 aromatic rings. The summed E-state index contributed by atoms with van der Waals surface area (Å²) in [4.78, 5) is 16.4. The van der Waals surface area contributed by atoms with E-state index in [1.54, 1.807) is 19.2 Å². The Morgan fingerprint density at radius 1 is 1.09 bits per heavy atom. The van der Waals surface area contributed by atoms with E-state index in [0.717, 1.165) is 10.9 Å². The van der Waals surface area contributed by atoms with Crippen LogP contribution in [0.2, 0.25) is 0 Å². The molecule has 0 radical (unpaired) electrons. The SMILES string of the molecule is COc1ccc(C(=O)NC(C)c2ccc3ccccc3c2)cn1. The van der Waals surface area contributed by atoms with Gasteiger partial charge in [-0.2, -0.15) is 0 Å². The topological polar surface area (TPSA) is 51.2 Å². The van der Waals surface area contributed by atoms with E-state index in [0.29, 0.717) is 11.4 Å². The molecule has 23 heavy (non-hydrogen) atoms. The molecule has 2 aromatic carbocycles. The van der Waals surface area contributed by atoms with Gasteiger partial charge in [0.05, 0.1) is 18.7 Å². The van der Waals surface area contributed by atoms with Crippen molar-refractivity contribution in [1.82, 2.24) is 10.3 Å². The molecule has 1 amide bonds. The highest BCUT2D eigenvalue weighted by Crippen LogP contribution is 2.20. The van der Waals surface area contributed by atoms with Gasteiger partial charge in [0, 0.05) is 12.3 Å². The second-order valence-corrected chi connectivity index (χ2v) is 5.39. The number of hydrogen-bond donors (Lipinski definition) is 1. The minimum Gasteiger partial charge on any atom is -0.481 e. The maximum absolute atomic E-state index is 12.3. The average molecular weight is 306 g/mol. The fourth-order valence-corrected chi connectivity index (χ4v) is 2.48. The molecule has 1 N–H and O–H groups in total. The Kier molecular flexibility index (Phi) is 4.24. The number of amides is 1. The van der Waals surface area contributed by atoms with E-state index in [9.17, 15) is 4.79 Å². The van der Waals surface area contributed by atoms with Crippen molar-refractivity contribution in [1.29, 1.82) is 0 Å². The van der Waals surface area contributed by atoms with Crippen LogP contribution in [0.3, 0.4) is 0 Å². The molecule has 0 aliphatic carbocycles. The quantitative estimate of drug-likeness (QED) is 0.799. The second kappa shape index (κ2) is 6.48. The molecular weight excluding hydrogens is 288 g/mol. The first kappa shape index (κ1) is 15.0. The Balaban J connectivity index is 1.76. The van der Waals surface area contributed by atoms with E-state index < -0.39 is 0 Å². The van der Waals surface area contributed by atoms with Gasteiger partial charge < -0.3 is 10.1 Å². The zero-order chi connectivity index (χ0) is 16.2. The fourth-order valence-electron chi connectivity index (χ4n) is 2.48. The number of carbonyl (C=O) groups excluding carboxylic acids is 1. The Labute approximate surface area is 135 Å². The zero-order valence-corrected chi connectivity index (χ0v) is 13.1. The number of carbonyl (C=O) groups is 1. The summed E-state index contributed by atoms with van der Waals surface area (Å²) in [6.45, 7) is 1.97. The Bertz CT molecular complexity index is 828. The maximum Gasteiger partial charge on any atom is 0.253 e. The molecule has 0 aliphatic rings. The van der Waals surface area contributed by atoms with Gasteiger partial charge in [0.25, 0.3) is 5.91 Å². The van der Waals surface area contributed by atoms with Crippen LogP contribution >= 0.6 is 0 Å². The second-order valence-electron chi connectivity index (χ2n) is 5.39. The molecule has 116 valence electrons. The smallest absolute Gasteiger partial charge is 0.253 e. The molecule has 1 aromatic heterocycles. The van der Waals surface area contributed by atoms with E-state index in [-0.39, 0.29) is 11.9 Å². The summed E-state index contributed by atoms with van der Waals surface area (Å²) in [6.07, 6.45) is 1.52. The number of benzene rings is 2. The molecular formula is C19H18N2O2. The van der Waals surface area contributed by atoms with Crippen molar-refractivity contribution in [2.45, 2.75) is 13.0 Å². The van der Waals surface area contributed by atoms with Gasteiger partial charge in [-0.3, -0.25) is 4.79 Å². The van der Waals surface area contributed by atoms with Crippen LogP contribution in [-0.4, -0.2) is 18.0 Å². The summed E-state index contributed by atoms with van der Waals surface area (Å²) in [5.41, 5.74) is 1.58. The molecule has 0 saturated heterocycles. The first-order valence-electron chi connectivity index (χ1n) is 7.47. The highest BCUT2D eigenvalue weighted by Gasteiger charge is 2.12. The minimum atomic E-state index is -0.152. The van der Waals surface area contributed by atoms with Gasteiger partial charge in [0.1, 0.15) is 0 Å². The minimum absolute atomic E-state index is 0.0887. The number of hydrogen-bond acceptors (Lipinski definition) is 3. The number of nitrogens with one attached hydrogen (secondary N) is 1. The third-order valence-corrected chi connectivity index (χ3v) is 3.83. The van der Waals surface area contributed by atoms with Crippen LogP contribution in [0.5, 0.6) is 5.88 Å². The van der Waals surface area contributed by atoms with Gasteiger partial charge in [-0.1, -0.05) is 36.4 Å². The summed E-state index contributed by atoms with van der Waals surface area (Å²) in [5, 5.41) is 5.35. The van der Waals surface area contributed by atoms with Gasteiger partial charge in [0.15, 0.2) is 0 Å². The predicted octanol–water partition coefficient (Wildman–Crippen LogP) is 3.73. The van der Waals surface area contributed by atoms with Gasteiger partial charge in [-0.15, -0.1) is 0 Å². The number of rotatable bonds is 4. The lowest BCUT2D eigenvalue weighted by Gasteiger charge is -2.15. The molecule has 0 saturated carbocycles. The highest BCUT2D eigenvalue weighted by molar-refractivity contribution is 5.94. The number of ether oxygens (including phenoxy) is 1. The number of aromatic nitrogens is 1. The molecule has 1 heterocycles. The van der Waals surface area contributed by atoms with Crippen LogP contribution in [0.15, 0.2) is 60.8 Å². The molecule has 0 bridgehead atoms. The van der Waals surface area contributed by atoms with Gasteiger partial charge >= 0.3 is 0 Å². The van der Waals surface area contributed by atoms with Crippen molar-refractivity contribution < 1.29 is 9.53 Å². The summed E-state index contributed by atoms with van der Waals surface area (Å²) in [5.74, 6) is 0.338. The molecule has 1 atom stereocenters. The number of fused-ring (bicyclic) bond motifs is 1. The van der Waals surface area contributed by atoms with Gasteiger partial charge in [-0.05, 0) is 35.4 Å². The predicted molar refractivity (Wildman–Crippen MR) is 90.6 cm³/mol. The van der Waals surface area contributed by atoms with E-state index in [4.69, 9.17) is 4.74 Å². The molecule has 4 nitrogen and oxygen atoms in total. The largest absolute Gasteiger partial charge is 0.481 e. The van der Waals surface area contributed by atoms with Crippen LogP contribution < -0.4 is 10.1 Å². The van der Waals surface area contributed by atoms with Crippen molar-refractivity contribution in [3.05, 3.63) is 71.9 Å². The fraction of sp³-hybridized carbons (Fsp3) is 0.158. The van der Waals surface area contributed by atoms with E-state index in [2.05, 4.69) is 34.6 Å². The average Bonchev–Trinajstić information content (AvgIpc) is 2.61. The van der Waals surface area contributed by atoms with Crippen molar-refractivity contribution in [3.63, 3.8) is 0 Å². The Hall–Kier alpha value is -2.88.